The number of benzene rings is 4. The molecular weight excluding hydrogens is 357 g/mol. The molecule has 0 amide bonds. The Hall–Kier alpha value is -2.91. The Balaban J connectivity index is 1.85. The Labute approximate surface area is 157 Å². The summed E-state index contributed by atoms with van der Waals surface area (Å²) < 4.78 is 11.5. The average molecular weight is 375 g/mol. The van der Waals surface area contributed by atoms with Crippen LogP contribution < -0.4 is 10.2 Å². The van der Waals surface area contributed by atoms with Gasteiger partial charge in [-0.05, 0) is 59.3 Å². The molecule has 0 atom stereocenters. The van der Waals surface area contributed by atoms with E-state index < -0.39 is 7.60 Å². The third-order valence-corrected chi connectivity index (χ3v) is 5.38. The lowest BCUT2D eigenvalue weighted by molar-refractivity contribution is 0.387. The number of anilines is 3. The first kappa shape index (κ1) is 17.5. The molecule has 0 heterocycles. The SMILES string of the molecule is O=P(O)(O)c1ccc2cc(N(c3ccccc3)c3ccccc3)ccc2c1. The van der Waals surface area contributed by atoms with E-state index in [9.17, 15) is 14.4 Å². The smallest absolute Gasteiger partial charge is 0.321 e. The first-order valence-corrected chi connectivity index (χ1v) is 10.1. The van der Waals surface area contributed by atoms with E-state index in [-0.39, 0.29) is 5.30 Å². The van der Waals surface area contributed by atoms with Gasteiger partial charge in [-0.1, -0.05) is 48.5 Å². The lowest BCUT2D eigenvalue weighted by Crippen LogP contribution is -2.09. The van der Waals surface area contributed by atoms with Crippen LogP contribution in [0.25, 0.3) is 10.8 Å². The van der Waals surface area contributed by atoms with Gasteiger partial charge >= 0.3 is 7.60 Å². The van der Waals surface area contributed by atoms with Gasteiger partial charge in [-0.25, -0.2) is 0 Å². The normalized spacial score (nSPS) is 11.5. The van der Waals surface area contributed by atoms with Crippen molar-refractivity contribution in [3.63, 3.8) is 0 Å². The van der Waals surface area contributed by atoms with Crippen LogP contribution in [-0.4, -0.2) is 9.79 Å². The predicted molar refractivity (Wildman–Crippen MR) is 110 cm³/mol. The second-order valence-electron chi connectivity index (χ2n) is 6.27. The summed E-state index contributed by atoms with van der Waals surface area (Å²) in [6.07, 6.45) is 0. The van der Waals surface area contributed by atoms with Crippen LogP contribution in [0.15, 0.2) is 97.1 Å². The molecule has 0 fully saturated rings. The Bertz CT molecular complexity index is 1080. The van der Waals surface area contributed by atoms with Crippen molar-refractivity contribution in [2.24, 2.45) is 0 Å². The first-order chi connectivity index (χ1) is 13.0. The van der Waals surface area contributed by atoms with Crippen molar-refractivity contribution >= 4 is 40.7 Å². The van der Waals surface area contributed by atoms with Gasteiger partial charge in [0.05, 0.1) is 5.30 Å². The van der Waals surface area contributed by atoms with E-state index in [0.29, 0.717) is 0 Å². The molecule has 27 heavy (non-hydrogen) atoms. The maximum Gasteiger partial charge on any atom is 0.356 e. The zero-order valence-electron chi connectivity index (χ0n) is 14.4. The first-order valence-electron chi connectivity index (χ1n) is 8.52. The Morgan fingerprint density at radius 1 is 0.593 bits per heavy atom. The molecule has 0 aliphatic heterocycles. The quantitative estimate of drug-likeness (QED) is 0.487. The monoisotopic (exact) mass is 375 g/mol. The number of hydrogen-bond donors (Lipinski definition) is 2. The topological polar surface area (TPSA) is 60.8 Å². The Morgan fingerprint density at radius 3 is 1.67 bits per heavy atom. The molecule has 4 aromatic rings. The number of rotatable bonds is 4. The number of para-hydroxylation sites is 2. The predicted octanol–water partition coefficient (Wildman–Crippen LogP) is 5.11. The van der Waals surface area contributed by atoms with Gasteiger partial charge < -0.3 is 14.7 Å². The standard InChI is InChI=1S/C22H18NO3P/c24-27(25,26)22-14-12-17-15-21(13-11-18(17)16-22)23(19-7-3-1-4-8-19)20-9-5-2-6-10-20/h1-16H,(H2,24,25,26). The van der Waals surface area contributed by atoms with Gasteiger partial charge in [-0.3, -0.25) is 4.57 Å². The highest BCUT2D eigenvalue weighted by molar-refractivity contribution is 7.60. The molecule has 0 spiro atoms. The summed E-state index contributed by atoms with van der Waals surface area (Å²) in [4.78, 5) is 20.9. The van der Waals surface area contributed by atoms with E-state index in [2.05, 4.69) is 4.90 Å². The fourth-order valence-electron chi connectivity index (χ4n) is 3.14. The van der Waals surface area contributed by atoms with E-state index in [4.69, 9.17) is 0 Å². The molecule has 0 saturated carbocycles. The van der Waals surface area contributed by atoms with Crippen molar-refractivity contribution < 1.29 is 14.4 Å². The van der Waals surface area contributed by atoms with E-state index in [1.54, 1.807) is 12.1 Å². The van der Waals surface area contributed by atoms with Crippen LogP contribution in [0.3, 0.4) is 0 Å². The molecule has 0 radical (unpaired) electrons. The summed E-state index contributed by atoms with van der Waals surface area (Å²) in [6.45, 7) is 0. The fraction of sp³-hybridized carbons (Fsp3) is 0. The zero-order chi connectivity index (χ0) is 18.9. The number of fused-ring (bicyclic) bond motifs is 1. The summed E-state index contributed by atoms with van der Waals surface area (Å²) in [7, 11) is -4.26. The highest BCUT2D eigenvalue weighted by Gasteiger charge is 2.17. The highest BCUT2D eigenvalue weighted by Crippen LogP contribution is 2.37. The van der Waals surface area contributed by atoms with Gasteiger partial charge in [-0.15, -0.1) is 0 Å². The lowest BCUT2D eigenvalue weighted by Gasteiger charge is -2.25. The lowest BCUT2D eigenvalue weighted by atomic mass is 10.1. The van der Waals surface area contributed by atoms with Crippen LogP contribution in [0.5, 0.6) is 0 Å². The third-order valence-electron chi connectivity index (χ3n) is 4.43. The number of nitrogens with zero attached hydrogens (tertiary/aromatic N) is 1. The largest absolute Gasteiger partial charge is 0.356 e. The highest BCUT2D eigenvalue weighted by atomic mass is 31.2. The van der Waals surface area contributed by atoms with E-state index in [0.717, 1.165) is 27.8 Å². The van der Waals surface area contributed by atoms with Crippen molar-refractivity contribution in [3.05, 3.63) is 97.1 Å². The van der Waals surface area contributed by atoms with Crippen LogP contribution in [0.4, 0.5) is 17.1 Å². The minimum absolute atomic E-state index is 0.0331. The van der Waals surface area contributed by atoms with Crippen LogP contribution in [-0.2, 0) is 4.57 Å². The summed E-state index contributed by atoms with van der Waals surface area (Å²) in [6, 6.07) is 30.8. The van der Waals surface area contributed by atoms with E-state index in [1.807, 2.05) is 78.9 Å². The van der Waals surface area contributed by atoms with Crippen molar-refractivity contribution in [1.82, 2.24) is 0 Å². The molecule has 0 unspecified atom stereocenters. The van der Waals surface area contributed by atoms with Gasteiger partial charge in [0.1, 0.15) is 0 Å². The van der Waals surface area contributed by atoms with Crippen molar-refractivity contribution in [2.45, 2.75) is 0 Å². The molecule has 4 nitrogen and oxygen atoms in total. The van der Waals surface area contributed by atoms with Gasteiger partial charge in [0.25, 0.3) is 0 Å². The molecule has 0 aliphatic rings. The molecule has 2 N–H and O–H groups in total. The molecule has 0 saturated heterocycles. The van der Waals surface area contributed by atoms with Crippen LogP contribution in [0, 0.1) is 0 Å². The minimum atomic E-state index is -4.26. The van der Waals surface area contributed by atoms with Gasteiger partial charge in [0.2, 0.25) is 0 Å². The summed E-state index contributed by atoms with van der Waals surface area (Å²) in [5.74, 6) is 0. The van der Waals surface area contributed by atoms with Crippen LogP contribution >= 0.6 is 7.60 Å². The second kappa shape index (κ2) is 7.01. The second-order valence-corrected chi connectivity index (χ2v) is 7.87. The van der Waals surface area contributed by atoms with E-state index >= 15 is 0 Å². The molecular formula is C22H18NO3P. The zero-order valence-corrected chi connectivity index (χ0v) is 15.3. The van der Waals surface area contributed by atoms with Gasteiger partial charge in [0.15, 0.2) is 0 Å². The minimum Gasteiger partial charge on any atom is -0.321 e. The van der Waals surface area contributed by atoms with Gasteiger partial charge in [0, 0.05) is 17.1 Å². The third kappa shape index (κ3) is 3.64. The Kier molecular flexibility index (Phi) is 4.54. The van der Waals surface area contributed by atoms with Crippen LogP contribution in [0.2, 0.25) is 0 Å². The summed E-state index contributed by atoms with van der Waals surface area (Å²) in [5.41, 5.74) is 3.05. The maximum atomic E-state index is 11.5. The molecule has 0 bridgehead atoms. The molecule has 5 heteroatoms. The molecule has 134 valence electrons. The molecule has 0 aliphatic carbocycles. The maximum absolute atomic E-state index is 11.5. The fourth-order valence-corrected chi connectivity index (χ4v) is 3.72. The van der Waals surface area contributed by atoms with Gasteiger partial charge in [-0.2, -0.15) is 0 Å². The van der Waals surface area contributed by atoms with Crippen LogP contribution in [0.1, 0.15) is 0 Å². The van der Waals surface area contributed by atoms with Crippen molar-refractivity contribution in [2.75, 3.05) is 4.90 Å². The van der Waals surface area contributed by atoms with Crippen molar-refractivity contribution in [1.29, 1.82) is 0 Å². The molecule has 4 aromatic carbocycles. The number of hydrogen-bond acceptors (Lipinski definition) is 2. The van der Waals surface area contributed by atoms with Crippen molar-refractivity contribution in [3.8, 4) is 0 Å². The Morgan fingerprint density at radius 2 is 1.11 bits per heavy atom. The average Bonchev–Trinajstić information content (AvgIpc) is 2.69. The summed E-state index contributed by atoms with van der Waals surface area (Å²) in [5, 5.41) is 1.74. The molecule has 0 aromatic heterocycles. The molecule has 4 rings (SSSR count). The summed E-state index contributed by atoms with van der Waals surface area (Å²) >= 11 is 0. The van der Waals surface area contributed by atoms with E-state index in [1.165, 1.54) is 6.07 Å².